The monoisotopic (exact) mass is 685 g/mol. The Kier molecular flexibility index (Phi) is 12.8. The van der Waals surface area contributed by atoms with E-state index in [1.807, 2.05) is 5.41 Å². The third kappa shape index (κ3) is 10.6. The van der Waals surface area contributed by atoms with E-state index in [-0.39, 0.29) is 29.3 Å². The summed E-state index contributed by atoms with van der Waals surface area (Å²) in [6.07, 6.45) is -4.07. The summed E-state index contributed by atoms with van der Waals surface area (Å²) in [5.41, 5.74) is 7.34. The Morgan fingerprint density at radius 2 is 1.80 bits per heavy atom. The molecule has 2 aliphatic rings. The van der Waals surface area contributed by atoms with Crippen LogP contribution in [-0.2, 0) is 9.53 Å². The summed E-state index contributed by atoms with van der Waals surface area (Å²) in [7, 11) is 0. The lowest BCUT2D eigenvalue weighted by molar-refractivity contribution is -0.187. The number of anilines is 1. The number of nitrogens with two attached hydrogens (primary N) is 1. The van der Waals surface area contributed by atoms with E-state index >= 15 is 0 Å². The number of nitrogens with zero attached hydrogens (tertiary/aromatic N) is 5. The number of nitrogens with one attached hydrogen (secondary N) is 1. The van der Waals surface area contributed by atoms with E-state index in [0.717, 1.165) is 14.7 Å². The highest BCUT2D eigenvalue weighted by molar-refractivity contribution is 8.05. The number of hydrogen-bond donors (Lipinski definition) is 2. The van der Waals surface area contributed by atoms with E-state index in [2.05, 4.69) is 42.8 Å². The highest BCUT2D eigenvalue weighted by Crippen LogP contribution is 2.37. The molecule has 0 bridgehead atoms. The predicted molar refractivity (Wildman–Crippen MR) is 176 cm³/mol. The third-order valence-corrected chi connectivity index (χ3v) is 9.19. The molecular weight excluding hydrogens is 644 g/mol. The molecule has 0 radical (unpaired) electrons. The zero-order valence-corrected chi connectivity index (χ0v) is 28.4. The highest BCUT2D eigenvalue weighted by Gasteiger charge is 2.49. The van der Waals surface area contributed by atoms with Crippen LogP contribution in [0.15, 0.2) is 45.0 Å². The molecule has 0 aromatic carbocycles. The number of ether oxygens (including phenoxy) is 1. The standard InChI is InChI=1S/C30H42F3N7O4S2/c1-19(34)26(46-29(3,4)5)23(35-6)17-45-18-37-25-8-7-21(15-36-25)27(42)40-14-13-39(16-24(40)30(31,32)33)28(43)44-22-9-11-38(12-10-22)20(2)41/h7-8,15,17,22,24H,6,9-14,16,18,34H2,1-5H3,(H,36,37)/b23-17-,26-19-. The Balaban J connectivity index is 1.58. The summed E-state index contributed by atoms with van der Waals surface area (Å²) in [4.78, 5) is 49.9. The molecule has 3 rings (SSSR count). The van der Waals surface area contributed by atoms with Gasteiger partial charge in [0.15, 0.2) is 0 Å². The lowest BCUT2D eigenvalue weighted by atomic mass is 10.1. The molecule has 1 aromatic heterocycles. The SMILES string of the molecule is C=NC(=C\SCNc1ccc(C(=O)N2CCN(C(=O)OC3CCN(C(C)=O)CC3)CC2C(F)(F)F)cn1)/C(SC(C)(C)C)=C(\C)N. The molecule has 3 heterocycles. The summed E-state index contributed by atoms with van der Waals surface area (Å²) in [5, 5.41) is 4.91. The zero-order valence-electron chi connectivity index (χ0n) is 26.7. The average Bonchev–Trinajstić information content (AvgIpc) is 2.99. The van der Waals surface area contributed by atoms with Crippen LogP contribution in [0.5, 0.6) is 0 Å². The second-order valence-electron chi connectivity index (χ2n) is 11.9. The summed E-state index contributed by atoms with van der Waals surface area (Å²) in [5.74, 6) is -0.101. The minimum absolute atomic E-state index is 0.00819. The van der Waals surface area contributed by atoms with Gasteiger partial charge in [0.1, 0.15) is 18.0 Å². The molecule has 16 heteroatoms. The van der Waals surface area contributed by atoms with Gasteiger partial charge in [-0.1, -0.05) is 20.8 Å². The average molecular weight is 686 g/mol. The number of piperazine rings is 1. The molecule has 1 atom stereocenters. The number of aliphatic imine (C=N–C) groups is 1. The topological polar surface area (TPSA) is 133 Å². The maximum atomic E-state index is 14.1. The van der Waals surface area contributed by atoms with Crippen LogP contribution in [0.4, 0.5) is 23.8 Å². The summed E-state index contributed by atoms with van der Waals surface area (Å²) in [6.45, 7) is 12.8. The smallest absolute Gasteiger partial charge is 0.410 e. The molecule has 0 aliphatic carbocycles. The number of rotatable bonds is 9. The van der Waals surface area contributed by atoms with Crippen LogP contribution in [0, 0.1) is 0 Å². The van der Waals surface area contributed by atoms with Crippen LogP contribution < -0.4 is 11.1 Å². The molecule has 2 aliphatic heterocycles. The van der Waals surface area contributed by atoms with Gasteiger partial charge in [-0.25, -0.2) is 9.78 Å². The van der Waals surface area contributed by atoms with Crippen molar-refractivity contribution in [1.29, 1.82) is 0 Å². The fourth-order valence-electron chi connectivity index (χ4n) is 4.81. The lowest BCUT2D eigenvalue weighted by Crippen LogP contribution is -2.61. The van der Waals surface area contributed by atoms with Crippen molar-refractivity contribution >= 4 is 54.0 Å². The number of likely N-dealkylation sites (tertiary alicyclic amines) is 1. The summed E-state index contributed by atoms with van der Waals surface area (Å²) >= 11 is 2.98. The van der Waals surface area contributed by atoms with Crippen LogP contribution in [0.1, 0.15) is 57.8 Å². The van der Waals surface area contributed by atoms with Crippen molar-refractivity contribution < 1.29 is 32.3 Å². The largest absolute Gasteiger partial charge is 0.446 e. The quantitative estimate of drug-likeness (QED) is 0.154. The predicted octanol–water partition coefficient (Wildman–Crippen LogP) is 5.28. The second kappa shape index (κ2) is 15.9. The molecule has 3 amide bonds. The lowest BCUT2D eigenvalue weighted by Gasteiger charge is -2.42. The van der Waals surface area contributed by atoms with Crippen molar-refractivity contribution in [1.82, 2.24) is 19.7 Å². The van der Waals surface area contributed by atoms with Crippen LogP contribution in [0.2, 0.25) is 0 Å². The van der Waals surface area contributed by atoms with Gasteiger partial charge in [0.2, 0.25) is 5.91 Å². The molecule has 0 spiro atoms. The van der Waals surface area contributed by atoms with Crippen LogP contribution in [0.25, 0.3) is 0 Å². The first-order chi connectivity index (χ1) is 21.5. The number of piperidine rings is 1. The number of halogens is 3. The maximum Gasteiger partial charge on any atom is 0.410 e. The third-order valence-electron chi connectivity index (χ3n) is 7.14. The second-order valence-corrected chi connectivity index (χ2v) is 14.6. The normalized spacial score (nSPS) is 19.0. The molecular formula is C30H42F3N7O4S2. The maximum absolute atomic E-state index is 14.1. The molecule has 254 valence electrons. The Bertz CT molecular complexity index is 1320. The van der Waals surface area contributed by atoms with Crippen molar-refractivity contribution in [3.63, 3.8) is 0 Å². The van der Waals surface area contributed by atoms with E-state index in [9.17, 15) is 27.6 Å². The fraction of sp³-hybridized carbons (Fsp3) is 0.567. The number of thioether (sulfide) groups is 2. The number of aromatic nitrogens is 1. The number of amides is 3. The molecule has 1 unspecified atom stereocenters. The fourth-order valence-corrected chi connectivity index (χ4v) is 6.55. The van der Waals surface area contributed by atoms with Gasteiger partial charge >= 0.3 is 12.3 Å². The van der Waals surface area contributed by atoms with Crippen LogP contribution in [0.3, 0.4) is 0 Å². The Labute approximate surface area is 276 Å². The number of alkyl halides is 3. The van der Waals surface area contributed by atoms with Crippen molar-refractivity contribution in [2.24, 2.45) is 10.7 Å². The Morgan fingerprint density at radius 1 is 1.13 bits per heavy atom. The van der Waals surface area contributed by atoms with E-state index < -0.39 is 36.9 Å². The molecule has 3 N–H and O–H groups in total. The van der Waals surface area contributed by atoms with Gasteiger partial charge in [0.05, 0.1) is 28.6 Å². The van der Waals surface area contributed by atoms with Crippen molar-refractivity contribution in [2.45, 2.75) is 70.5 Å². The summed E-state index contributed by atoms with van der Waals surface area (Å²) in [6, 6.07) is 0.722. The zero-order chi connectivity index (χ0) is 34.2. The molecule has 46 heavy (non-hydrogen) atoms. The first-order valence-electron chi connectivity index (χ1n) is 14.7. The van der Waals surface area contributed by atoms with E-state index in [1.165, 1.54) is 37.0 Å². The van der Waals surface area contributed by atoms with Gasteiger partial charge < -0.3 is 30.5 Å². The molecule has 11 nitrogen and oxygen atoms in total. The van der Waals surface area contributed by atoms with Gasteiger partial charge in [-0.3, -0.25) is 14.6 Å². The van der Waals surface area contributed by atoms with Gasteiger partial charge in [0.25, 0.3) is 5.91 Å². The number of hydrogen-bond acceptors (Lipinski definition) is 10. The molecule has 2 fully saturated rings. The minimum atomic E-state index is -4.77. The minimum Gasteiger partial charge on any atom is -0.446 e. The summed E-state index contributed by atoms with van der Waals surface area (Å²) < 4.78 is 47.7. The van der Waals surface area contributed by atoms with E-state index in [0.29, 0.717) is 49.0 Å². The van der Waals surface area contributed by atoms with Crippen molar-refractivity contribution in [3.8, 4) is 0 Å². The van der Waals surface area contributed by atoms with Gasteiger partial charge in [-0.15, -0.1) is 23.5 Å². The number of allylic oxidation sites excluding steroid dienone is 1. The highest BCUT2D eigenvalue weighted by atomic mass is 32.2. The van der Waals surface area contributed by atoms with Crippen LogP contribution >= 0.6 is 23.5 Å². The Morgan fingerprint density at radius 3 is 2.33 bits per heavy atom. The van der Waals surface area contributed by atoms with Crippen molar-refractivity contribution in [3.05, 3.63) is 45.6 Å². The number of pyridine rings is 1. The Hall–Kier alpha value is -3.40. The molecule has 0 saturated carbocycles. The van der Waals surface area contributed by atoms with Crippen molar-refractivity contribution in [2.75, 3.05) is 43.9 Å². The first kappa shape index (κ1) is 37.1. The number of carbonyl (C=O) groups is 3. The van der Waals surface area contributed by atoms with Gasteiger partial charge in [-0.05, 0) is 31.2 Å². The van der Waals surface area contributed by atoms with Gasteiger partial charge in [0, 0.05) is 62.6 Å². The van der Waals surface area contributed by atoms with E-state index in [4.69, 9.17) is 10.5 Å². The first-order valence-corrected chi connectivity index (χ1v) is 16.6. The molecule has 1 aromatic rings. The van der Waals surface area contributed by atoms with E-state index in [1.54, 1.807) is 23.6 Å². The molecule has 2 saturated heterocycles. The number of carbonyl (C=O) groups excluding carboxylic acids is 3. The van der Waals surface area contributed by atoms with Crippen LogP contribution in [-0.4, -0.2) is 106 Å². The van der Waals surface area contributed by atoms with Gasteiger partial charge in [-0.2, -0.15) is 13.2 Å².